The summed E-state index contributed by atoms with van der Waals surface area (Å²) >= 11 is 0. The monoisotopic (exact) mass is 425 g/mol. The zero-order valence-electron chi connectivity index (χ0n) is 15.7. The van der Waals surface area contributed by atoms with Gasteiger partial charge in [0.1, 0.15) is 11.8 Å². The number of nitrogens with zero attached hydrogens (tertiary/aromatic N) is 1. The summed E-state index contributed by atoms with van der Waals surface area (Å²) < 4.78 is 28.9. The Morgan fingerprint density at radius 3 is 2.59 bits per heavy atom. The normalized spacial score (nSPS) is 16.3. The van der Waals surface area contributed by atoms with Gasteiger partial charge in [-0.25, -0.2) is 0 Å². The van der Waals surface area contributed by atoms with Crippen molar-refractivity contribution in [1.29, 1.82) is 0 Å². The molecule has 0 aliphatic carbocycles. The Hall–Kier alpha value is -2.87. The van der Waals surface area contributed by atoms with E-state index in [0.29, 0.717) is 36.3 Å². The van der Waals surface area contributed by atoms with E-state index in [4.69, 9.17) is 5.73 Å². The van der Waals surface area contributed by atoms with Crippen molar-refractivity contribution in [2.24, 2.45) is 0 Å². The molecule has 0 saturated carbocycles. The van der Waals surface area contributed by atoms with Crippen LogP contribution in [0.3, 0.4) is 0 Å². The summed E-state index contributed by atoms with van der Waals surface area (Å²) in [6.07, 6.45) is 1.22. The van der Waals surface area contributed by atoms with Gasteiger partial charge in [-0.1, -0.05) is 6.07 Å². The maximum absolute atomic E-state index is 12.8. The summed E-state index contributed by atoms with van der Waals surface area (Å²) in [5.41, 5.74) is 7.98. The molecule has 1 fully saturated rings. The van der Waals surface area contributed by atoms with Gasteiger partial charge in [-0.3, -0.25) is 9.59 Å². The molecule has 1 atom stereocenters. The topological polar surface area (TPSA) is 84.7 Å². The van der Waals surface area contributed by atoms with Gasteiger partial charge in [-0.15, -0.1) is 12.4 Å². The van der Waals surface area contributed by atoms with E-state index in [1.54, 1.807) is 37.3 Å². The van der Waals surface area contributed by atoms with Gasteiger partial charge in [-0.2, -0.15) is 8.78 Å². The second-order valence-electron chi connectivity index (χ2n) is 6.60. The third kappa shape index (κ3) is 5.35. The molecule has 9 heteroatoms. The summed E-state index contributed by atoms with van der Waals surface area (Å²) in [5, 5.41) is 2.78. The smallest absolute Gasteiger partial charge is 0.387 e. The van der Waals surface area contributed by atoms with Crippen molar-refractivity contribution in [3.63, 3.8) is 0 Å². The average Bonchev–Trinajstić information content (AvgIpc) is 2.65. The lowest BCUT2D eigenvalue weighted by Crippen LogP contribution is -2.52. The van der Waals surface area contributed by atoms with E-state index >= 15 is 0 Å². The summed E-state index contributed by atoms with van der Waals surface area (Å²) in [6.45, 7) is -0.623. The van der Waals surface area contributed by atoms with Crippen LogP contribution in [-0.4, -0.2) is 31.0 Å². The van der Waals surface area contributed by atoms with Gasteiger partial charge in [0, 0.05) is 23.5 Å². The Labute approximate surface area is 173 Å². The van der Waals surface area contributed by atoms with Crippen LogP contribution in [0.15, 0.2) is 42.5 Å². The van der Waals surface area contributed by atoms with E-state index in [2.05, 4.69) is 10.1 Å². The van der Waals surface area contributed by atoms with Crippen LogP contribution in [0.1, 0.15) is 28.8 Å². The van der Waals surface area contributed by atoms with E-state index in [0.717, 1.165) is 5.56 Å². The highest BCUT2D eigenvalue weighted by Crippen LogP contribution is 2.25. The summed E-state index contributed by atoms with van der Waals surface area (Å²) in [7, 11) is 0. The van der Waals surface area contributed by atoms with Crippen LogP contribution in [0.2, 0.25) is 0 Å². The van der Waals surface area contributed by atoms with Gasteiger partial charge in [0.25, 0.3) is 5.91 Å². The molecule has 1 aliphatic rings. The minimum Gasteiger partial charge on any atom is -0.435 e. The predicted octanol–water partition coefficient (Wildman–Crippen LogP) is 3.53. The molecular formula is C20H22ClF2N3O3. The molecule has 2 aromatic carbocycles. The molecule has 29 heavy (non-hydrogen) atoms. The maximum atomic E-state index is 12.8. The Kier molecular flexibility index (Phi) is 7.39. The SMILES string of the molecule is Cc1ccc(N)cc1C(=O)NC1CCCN(c2ccc(OC(F)F)cc2)C1=O.Cl. The first-order valence-corrected chi connectivity index (χ1v) is 8.88. The summed E-state index contributed by atoms with van der Waals surface area (Å²) in [4.78, 5) is 27.0. The van der Waals surface area contributed by atoms with Gasteiger partial charge in [0.15, 0.2) is 0 Å². The molecule has 2 aromatic rings. The average molecular weight is 426 g/mol. The van der Waals surface area contributed by atoms with Crippen LogP contribution in [0.25, 0.3) is 0 Å². The van der Waals surface area contributed by atoms with Crippen molar-refractivity contribution in [3.05, 3.63) is 53.6 Å². The number of amides is 2. The van der Waals surface area contributed by atoms with Gasteiger partial charge in [0.05, 0.1) is 0 Å². The fourth-order valence-corrected chi connectivity index (χ4v) is 3.19. The molecule has 3 rings (SSSR count). The Balaban J connectivity index is 0.00000300. The Morgan fingerprint density at radius 2 is 1.93 bits per heavy atom. The zero-order valence-corrected chi connectivity index (χ0v) is 16.5. The number of nitrogen functional groups attached to an aromatic ring is 1. The van der Waals surface area contributed by atoms with Crippen LogP contribution in [0, 0.1) is 6.92 Å². The van der Waals surface area contributed by atoms with Gasteiger partial charge >= 0.3 is 6.61 Å². The molecule has 1 unspecified atom stereocenters. The molecular weight excluding hydrogens is 404 g/mol. The highest BCUT2D eigenvalue weighted by Gasteiger charge is 2.31. The van der Waals surface area contributed by atoms with Crippen molar-refractivity contribution in [2.75, 3.05) is 17.2 Å². The Bertz CT molecular complexity index is 878. The number of halogens is 3. The highest BCUT2D eigenvalue weighted by atomic mass is 35.5. The van der Waals surface area contributed by atoms with Crippen LogP contribution in [0.5, 0.6) is 5.75 Å². The molecule has 6 nitrogen and oxygen atoms in total. The lowest BCUT2D eigenvalue weighted by atomic mass is 10.0. The Morgan fingerprint density at radius 1 is 1.24 bits per heavy atom. The number of carbonyl (C=O) groups is 2. The van der Waals surface area contributed by atoms with E-state index in [1.165, 1.54) is 17.0 Å². The second-order valence-corrected chi connectivity index (χ2v) is 6.60. The molecule has 156 valence electrons. The number of hydrogen-bond donors (Lipinski definition) is 2. The quantitative estimate of drug-likeness (QED) is 0.718. The van der Waals surface area contributed by atoms with Gasteiger partial charge in [0.2, 0.25) is 5.91 Å². The molecule has 1 aliphatic heterocycles. The lowest BCUT2D eigenvalue weighted by molar-refractivity contribution is -0.121. The third-order valence-corrected chi connectivity index (χ3v) is 4.62. The van der Waals surface area contributed by atoms with Crippen molar-refractivity contribution in [1.82, 2.24) is 5.32 Å². The van der Waals surface area contributed by atoms with Crippen molar-refractivity contribution >= 4 is 35.6 Å². The minimum absolute atomic E-state index is 0. The van der Waals surface area contributed by atoms with Crippen LogP contribution < -0.4 is 20.7 Å². The molecule has 2 amide bonds. The van der Waals surface area contributed by atoms with Crippen LogP contribution >= 0.6 is 12.4 Å². The van der Waals surface area contributed by atoms with E-state index in [9.17, 15) is 18.4 Å². The number of nitrogens with two attached hydrogens (primary N) is 1. The maximum Gasteiger partial charge on any atom is 0.387 e. The van der Waals surface area contributed by atoms with Crippen molar-refractivity contribution in [2.45, 2.75) is 32.4 Å². The van der Waals surface area contributed by atoms with Crippen LogP contribution in [-0.2, 0) is 4.79 Å². The van der Waals surface area contributed by atoms with Crippen LogP contribution in [0.4, 0.5) is 20.2 Å². The van der Waals surface area contributed by atoms with Crippen molar-refractivity contribution < 1.29 is 23.1 Å². The number of benzene rings is 2. The molecule has 3 N–H and O–H groups in total. The number of anilines is 2. The van der Waals surface area contributed by atoms with E-state index < -0.39 is 12.7 Å². The minimum atomic E-state index is -2.91. The van der Waals surface area contributed by atoms with Gasteiger partial charge < -0.3 is 20.7 Å². The first-order chi connectivity index (χ1) is 13.3. The van der Waals surface area contributed by atoms with Crippen molar-refractivity contribution in [3.8, 4) is 5.75 Å². The number of alkyl halides is 2. The molecule has 0 spiro atoms. The predicted molar refractivity (Wildman–Crippen MR) is 109 cm³/mol. The number of carbonyl (C=O) groups excluding carboxylic acids is 2. The fourth-order valence-electron chi connectivity index (χ4n) is 3.19. The molecule has 0 bridgehead atoms. The number of nitrogens with one attached hydrogen (secondary N) is 1. The summed E-state index contributed by atoms with van der Waals surface area (Å²) in [6, 6.07) is 10.2. The van der Waals surface area contributed by atoms with E-state index in [-0.39, 0.29) is 30.0 Å². The number of piperidine rings is 1. The summed E-state index contributed by atoms with van der Waals surface area (Å²) in [5.74, 6) is -0.584. The fraction of sp³-hybridized carbons (Fsp3) is 0.300. The first-order valence-electron chi connectivity index (χ1n) is 8.88. The molecule has 0 radical (unpaired) electrons. The zero-order chi connectivity index (χ0) is 20.3. The first kappa shape index (κ1) is 22.4. The highest BCUT2D eigenvalue weighted by molar-refractivity contribution is 6.03. The molecule has 1 saturated heterocycles. The number of aryl methyl sites for hydroxylation is 1. The molecule has 1 heterocycles. The molecule has 0 aromatic heterocycles. The number of ether oxygens (including phenoxy) is 1. The second kappa shape index (κ2) is 9.56. The van der Waals surface area contributed by atoms with E-state index in [1.807, 2.05) is 0 Å². The standard InChI is InChI=1S/C20H21F2N3O3.ClH/c1-12-4-5-13(23)11-16(12)18(26)24-17-3-2-10-25(19(17)27)14-6-8-15(9-7-14)28-20(21)22;/h4-9,11,17,20H,2-3,10,23H2,1H3,(H,24,26);1H. The third-order valence-electron chi connectivity index (χ3n) is 4.62. The van der Waals surface area contributed by atoms with Gasteiger partial charge in [-0.05, 0) is 61.7 Å². The largest absolute Gasteiger partial charge is 0.435 e. The number of hydrogen-bond acceptors (Lipinski definition) is 4. The lowest BCUT2D eigenvalue weighted by Gasteiger charge is -2.32. The number of rotatable bonds is 5.